The first-order valence-electron chi connectivity index (χ1n) is 4.23. The number of hydrogen-bond acceptors (Lipinski definition) is 3. The van der Waals surface area contributed by atoms with Crippen molar-refractivity contribution in [1.29, 1.82) is 0 Å². The van der Waals surface area contributed by atoms with Crippen molar-refractivity contribution < 1.29 is 13.2 Å². The van der Waals surface area contributed by atoms with Gasteiger partial charge in [0.25, 0.3) is 0 Å². The Labute approximate surface area is 83.7 Å². The first-order chi connectivity index (χ1) is 6.51. The largest absolute Gasteiger partial charge is 0.494 e. The lowest BCUT2D eigenvalue weighted by molar-refractivity contribution is 0.340. The first kappa shape index (κ1) is 11.0. The van der Waals surface area contributed by atoms with E-state index in [2.05, 4.69) is 0 Å². The maximum absolute atomic E-state index is 10.8. The Bertz CT molecular complexity index is 400. The van der Waals surface area contributed by atoms with E-state index in [0.29, 0.717) is 17.9 Å². The van der Waals surface area contributed by atoms with Crippen LogP contribution in [0.1, 0.15) is 12.5 Å². The molecule has 1 aromatic carbocycles. The molecule has 0 saturated heterocycles. The Morgan fingerprint density at radius 3 is 2.71 bits per heavy atom. The molecule has 1 aromatic rings. The van der Waals surface area contributed by atoms with Crippen LogP contribution in [0.25, 0.3) is 0 Å². The SMILES string of the molecule is CCOc1cccc(CS(N)(=O)=O)c1. The van der Waals surface area contributed by atoms with Gasteiger partial charge in [0.2, 0.25) is 10.0 Å². The zero-order chi connectivity index (χ0) is 10.6. The van der Waals surface area contributed by atoms with E-state index in [1.807, 2.05) is 6.92 Å². The van der Waals surface area contributed by atoms with E-state index in [-0.39, 0.29) is 5.75 Å². The van der Waals surface area contributed by atoms with Crippen molar-refractivity contribution in [3.8, 4) is 5.75 Å². The predicted molar refractivity (Wildman–Crippen MR) is 54.4 cm³/mol. The van der Waals surface area contributed by atoms with Crippen LogP contribution in [-0.2, 0) is 15.8 Å². The Hall–Kier alpha value is -1.07. The molecule has 0 aromatic heterocycles. The van der Waals surface area contributed by atoms with Crippen LogP contribution in [0.5, 0.6) is 5.75 Å². The molecule has 78 valence electrons. The molecule has 0 bridgehead atoms. The Kier molecular flexibility index (Phi) is 3.49. The molecular formula is C9H13NO3S. The third-order valence-corrected chi connectivity index (χ3v) is 2.31. The van der Waals surface area contributed by atoms with Crippen molar-refractivity contribution >= 4 is 10.0 Å². The number of ether oxygens (including phenoxy) is 1. The molecule has 5 heteroatoms. The number of sulfonamides is 1. The summed E-state index contributed by atoms with van der Waals surface area (Å²) in [4.78, 5) is 0. The summed E-state index contributed by atoms with van der Waals surface area (Å²) < 4.78 is 26.8. The van der Waals surface area contributed by atoms with Gasteiger partial charge in [-0.2, -0.15) is 0 Å². The normalized spacial score (nSPS) is 11.3. The standard InChI is InChI=1S/C9H13NO3S/c1-2-13-9-5-3-4-8(6-9)7-14(10,11)12/h3-6H,2,7H2,1H3,(H2,10,11,12). The highest BCUT2D eigenvalue weighted by Gasteiger charge is 2.05. The van der Waals surface area contributed by atoms with Gasteiger partial charge in [-0.25, -0.2) is 13.6 Å². The van der Waals surface area contributed by atoms with Gasteiger partial charge in [0.1, 0.15) is 5.75 Å². The summed E-state index contributed by atoms with van der Waals surface area (Å²) >= 11 is 0. The fourth-order valence-corrected chi connectivity index (χ4v) is 1.77. The maximum atomic E-state index is 10.8. The minimum absolute atomic E-state index is 0.159. The minimum Gasteiger partial charge on any atom is -0.494 e. The van der Waals surface area contributed by atoms with Crippen LogP contribution in [0.3, 0.4) is 0 Å². The van der Waals surface area contributed by atoms with Crippen molar-refractivity contribution in [2.45, 2.75) is 12.7 Å². The van der Waals surface area contributed by atoms with Gasteiger partial charge in [-0.3, -0.25) is 0 Å². The van der Waals surface area contributed by atoms with Crippen LogP contribution >= 0.6 is 0 Å². The average Bonchev–Trinajstić information content (AvgIpc) is 2.02. The summed E-state index contributed by atoms with van der Waals surface area (Å²) in [6, 6.07) is 6.89. The van der Waals surface area contributed by atoms with Gasteiger partial charge in [-0.15, -0.1) is 0 Å². The Balaban J connectivity index is 2.83. The van der Waals surface area contributed by atoms with E-state index in [0.717, 1.165) is 0 Å². The van der Waals surface area contributed by atoms with Crippen LogP contribution in [0.15, 0.2) is 24.3 Å². The maximum Gasteiger partial charge on any atom is 0.213 e. The van der Waals surface area contributed by atoms with E-state index < -0.39 is 10.0 Å². The average molecular weight is 215 g/mol. The molecule has 0 saturated carbocycles. The summed E-state index contributed by atoms with van der Waals surface area (Å²) in [5.41, 5.74) is 0.637. The van der Waals surface area contributed by atoms with Crippen LogP contribution in [0.4, 0.5) is 0 Å². The van der Waals surface area contributed by atoms with E-state index >= 15 is 0 Å². The van der Waals surface area contributed by atoms with Crippen LogP contribution < -0.4 is 9.88 Å². The number of hydrogen-bond donors (Lipinski definition) is 1. The molecule has 0 amide bonds. The lowest BCUT2D eigenvalue weighted by Crippen LogP contribution is -2.14. The smallest absolute Gasteiger partial charge is 0.213 e. The van der Waals surface area contributed by atoms with Gasteiger partial charge in [-0.1, -0.05) is 12.1 Å². The molecule has 0 aliphatic rings. The molecule has 0 fully saturated rings. The summed E-state index contributed by atoms with van der Waals surface area (Å²) in [5.74, 6) is 0.502. The molecule has 0 aliphatic carbocycles. The van der Waals surface area contributed by atoms with Crippen molar-refractivity contribution in [3.05, 3.63) is 29.8 Å². The molecule has 4 nitrogen and oxygen atoms in total. The highest BCUT2D eigenvalue weighted by Crippen LogP contribution is 2.14. The van der Waals surface area contributed by atoms with E-state index in [1.54, 1.807) is 24.3 Å². The summed E-state index contributed by atoms with van der Waals surface area (Å²) in [6.07, 6.45) is 0. The van der Waals surface area contributed by atoms with E-state index in [9.17, 15) is 8.42 Å². The first-order valence-corrected chi connectivity index (χ1v) is 5.95. The van der Waals surface area contributed by atoms with Crippen LogP contribution in [0, 0.1) is 0 Å². The van der Waals surface area contributed by atoms with Crippen molar-refractivity contribution in [1.82, 2.24) is 0 Å². The van der Waals surface area contributed by atoms with Crippen LogP contribution in [-0.4, -0.2) is 15.0 Å². The zero-order valence-corrected chi connectivity index (χ0v) is 8.75. The summed E-state index contributed by atoms with van der Waals surface area (Å²) in [7, 11) is -3.46. The second kappa shape index (κ2) is 4.43. The van der Waals surface area contributed by atoms with Crippen LogP contribution in [0.2, 0.25) is 0 Å². The highest BCUT2D eigenvalue weighted by molar-refractivity contribution is 7.88. The lowest BCUT2D eigenvalue weighted by Gasteiger charge is -2.04. The fourth-order valence-electron chi connectivity index (χ4n) is 1.12. The van der Waals surface area contributed by atoms with E-state index in [4.69, 9.17) is 9.88 Å². The van der Waals surface area contributed by atoms with Crippen molar-refractivity contribution in [2.24, 2.45) is 5.14 Å². The second-order valence-corrected chi connectivity index (χ2v) is 4.50. The molecule has 2 N–H and O–H groups in total. The molecule has 0 spiro atoms. The van der Waals surface area contributed by atoms with Crippen molar-refractivity contribution in [3.63, 3.8) is 0 Å². The quantitative estimate of drug-likeness (QED) is 0.810. The number of benzene rings is 1. The van der Waals surface area contributed by atoms with Gasteiger partial charge in [0.05, 0.1) is 12.4 Å². The fraction of sp³-hybridized carbons (Fsp3) is 0.333. The number of rotatable bonds is 4. The number of primary sulfonamides is 1. The lowest BCUT2D eigenvalue weighted by atomic mass is 10.2. The molecule has 0 aliphatic heterocycles. The van der Waals surface area contributed by atoms with Gasteiger partial charge in [-0.05, 0) is 24.6 Å². The predicted octanol–water partition coefficient (Wildman–Crippen LogP) is 0.874. The summed E-state index contributed by atoms with van der Waals surface area (Å²) in [5, 5.41) is 4.92. The topological polar surface area (TPSA) is 69.4 Å². The van der Waals surface area contributed by atoms with Gasteiger partial charge in [0, 0.05) is 0 Å². The highest BCUT2D eigenvalue weighted by atomic mass is 32.2. The molecular weight excluding hydrogens is 202 g/mol. The molecule has 0 heterocycles. The second-order valence-electron chi connectivity index (χ2n) is 2.89. The molecule has 0 radical (unpaired) electrons. The monoisotopic (exact) mass is 215 g/mol. The minimum atomic E-state index is -3.46. The molecule has 0 atom stereocenters. The third-order valence-electron chi connectivity index (χ3n) is 1.58. The summed E-state index contributed by atoms with van der Waals surface area (Å²) in [6.45, 7) is 2.42. The number of nitrogens with two attached hydrogens (primary N) is 1. The van der Waals surface area contributed by atoms with E-state index in [1.165, 1.54) is 0 Å². The Morgan fingerprint density at radius 1 is 1.43 bits per heavy atom. The Morgan fingerprint density at radius 2 is 2.14 bits per heavy atom. The van der Waals surface area contributed by atoms with Gasteiger partial charge >= 0.3 is 0 Å². The zero-order valence-electron chi connectivity index (χ0n) is 7.93. The third kappa shape index (κ3) is 3.76. The van der Waals surface area contributed by atoms with Crippen molar-refractivity contribution in [2.75, 3.05) is 6.61 Å². The molecule has 1 rings (SSSR count). The van der Waals surface area contributed by atoms with Gasteiger partial charge in [0.15, 0.2) is 0 Å². The molecule has 14 heavy (non-hydrogen) atoms. The van der Waals surface area contributed by atoms with Gasteiger partial charge < -0.3 is 4.74 Å². The molecule has 0 unspecified atom stereocenters.